The maximum atomic E-state index is 12.0. The fourth-order valence-corrected chi connectivity index (χ4v) is 3.38. The molecule has 0 saturated carbocycles. The van der Waals surface area contributed by atoms with E-state index in [-0.39, 0.29) is 0 Å². The van der Waals surface area contributed by atoms with Gasteiger partial charge in [0.1, 0.15) is 5.76 Å². The van der Waals surface area contributed by atoms with E-state index in [4.69, 9.17) is 10.2 Å². The number of imide groups is 1. The summed E-state index contributed by atoms with van der Waals surface area (Å²) < 4.78 is 7.32. The van der Waals surface area contributed by atoms with Gasteiger partial charge in [-0.1, -0.05) is 42.1 Å². The number of thioether (sulfide) groups is 1. The van der Waals surface area contributed by atoms with Gasteiger partial charge in [0, 0.05) is 0 Å². The van der Waals surface area contributed by atoms with Crippen LogP contribution in [0.3, 0.4) is 0 Å². The second-order valence-electron chi connectivity index (χ2n) is 5.88. The Hall–Kier alpha value is -3.07. The molecule has 0 radical (unpaired) electrons. The minimum atomic E-state index is -0.882. The van der Waals surface area contributed by atoms with Gasteiger partial charge in [-0.05, 0) is 25.5 Å². The zero-order chi connectivity index (χ0) is 19.4. The summed E-state index contributed by atoms with van der Waals surface area (Å²) in [7, 11) is 0. The number of carbonyl (C=O) groups is 2. The minimum absolute atomic E-state index is 0.484. The van der Waals surface area contributed by atoms with Gasteiger partial charge in [0.25, 0.3) is 0 Å². The van der Waals surface area contributed by atoms with Gasteiger partial charge in [-0.3, -0.25) is 14.7 Å². The number of rotatable bonds is 6. The molecule has 0 aliphatic rings. The van der Waals surface area contributed by atoms with Crippen LogP contribution in [0.2, 0.25) is 0 Å². The summed E-state index contributed by atoms with van der Waals surface area (Å²) in [5.41, 5.74) is 6.92. The van der Waals surface area contributed by atoms with E-state index < -0.39 is 17.2 Å². The van der Waals surface area contributed by atoms with Crippen molar-refractivity contribution in [2.75, 3.05) is 0 Å². The Bertz CT molecular complexity index is 951. The Balaban J connectivity index is 1.94. The zero-order valence-corrected chi connectivity index (χ0v) is 15.7. The molecule has 0 fully saturated rings. The molecule has 3 rings (SSSR count). The third kappa shape index (κ3) is 4.37. The van der Waals surface area contributed by atoms with Crippen LogP contribution in [0, 0.1) is 6.92 Å². The number of aromatic nitrogens is 3. The van der Waals surface area contributed by atoms with Gasteiger partial charge in [0.2, 0.25) is 5.91 Å². The van der Waals surface area contributed by atoms with Crippen molar-refractivity contribution in [3.63, 3.8) is 0 Å². The average molecular weight is 385 g/mol. The summed E-state index contributed by atoms with van der Waals surface area (Å²) in [4.78, 5) is 22.9. The van der Waals surface area contributed by atoms with Crippen LogP contribution in [-0.2, 0) is 11.3 Å². The smallest absolute Gasteiger partial charge is 0.318 e. The fourth-order valence-electron chi connectivity index (χ4n) is 2.54. The van der Waals surface area contributed by atoms with Crippen LogP contribution in [0.5, 0.6) is 0 Å². The number of hydrogen-bond acceptors (Lipinski definition) is 6. The maximum Gasteiger partial charge on any atom is 0.318 e. The Labute approximate surface area is 160 Å². The normalized spacial score (nSPS) is 11.9. The number of benzene rings is 1. The summed E-state index contributed by atoms with van der Waals surface area (Å²) in [6, 6.07) is 10.8. The molecule has 8 nitrogen and oxygen atoms in total. The van der Waals surface area contributed by atoms with Crippen molar-refractivity contribution >= 4 is 23.7 Å². The summed E-state index contributed by atoms with van der Waals surface area (Å²) in [5.74, 6) is 0.894. The van der Waals surface area contributed by atoms with E-state index in [1.165, 1.54) is 11.8 Å². The molecule has 0 aliphatic carbocycles. The van der Waals surface area contributed by atoms with Crippen molar-refractivity contribution in [3.8, 4) is 11.4 Å². The van der Waals surface area contributed by atoms with Gasteiger partial charge in [-0.15, -0.1) is 10.2 Å². The first-order valence-corrected chi connectivity index (χ1v) is 9.12. The molecule has 0 saturated heterocycles. The number of furan rings is 1. The first-order valence-electron chi connectivity index (χ1n) is 8.24. The second kappa shape index (κ2) is 8.09. The molecule has 2 heterocycles. The molecule has 27 heavy (non-hydrogen) atoms. The molecule has 3 amide bonds. The lowest BCUT2D eigenvalue weighted by Gasteiger charge is -2.13. The highest BCUT2D eigenvalue weighted by Gasteiger charge is 2.23. The molecule has 0 spiro atoms. The quantitative estimate of drug-likeness (QED) is 0.630. The van der Waals surface area contributed by atoms with Gasteiger partial charge in [0.15, 0.2) is 11.0 Å². The number of urea groups is 1. The molecular weight excluding hydrogens is 366 g/mol. The van der Waals surface area contributed by atoms with E-state index in [9.17, 15) is 9.59 Å². The van der Waals surface area contributed by atoms with Crippen molar-refractivity contribution in [2.45, 2.75) is 30.8 Å². The highest BCUT2D eigenvalue weighted by molar-refractivity contribution is 8.00. The molecular formula is C18H19N5O3S. The number of hydrogen-bond donors (Lipinski definition) is 2. The number of primary amides is 1. The van der Waals surface area contributed by atoms with Gasteiger partial charge >= 0.3 is 6.03 Å². The van der Waals surface area contributed by atoms with Crippen LogP contribution in [0.1, 0.15) is 18.2 Å². The number of aryl methyl sites for hydroxylation is 1. The number of nitrogens with one attached hydrogen (secondary N) is 1. The first-order chi connectivity index (χ1) is 13.0. The van der Waals surface area contributed by atoms with E-state index in [2.05, 4.69) is 15.5 Å². The Kier molecular flexibility index (Phi) is 5.60. The Morgan fingerprint density at radius 2 is 2.00 bits per heavy atom. The monoisotopic (exact) mass is 385 g/mol. The van der Waals surface area contributed by atoms with Gasteiger partial charge in [-0.2, -0.15) is 0 Å². The Morgan fingerprint density at radius 1 is 1.26 bits per heavy atom. The van der Waals surface area contributed by atoms with Gasteiger partial charge < -0.3 is 10.2 Å². The predicted octanol–water partition coefficient (Wildman–Crippen LogP) is 2.57. The number of nitrogens with two attached hydrogens (primary N) is 1. The highest BCUT2D eigenvalue weighted by atomic mass is 32.2. The van der Waals surface area contributed by atoms with E-state index >= 15 is 0 Å². The molecule has 3 aromatic rings. The predicted molar refractivity (Wildman–Crippen MR) is 101 cm³/mol. The molecule has 1 unspecified atom stereocenters. The van der Waals surface area contributed by atoms with Crippen molar-refractivity contribution in [3.05, 3.63) is 54.0 Å². The van der Waals surface area contributed by atoms with Gasteiger partial charge in [0.05, 0.1) is 23.6 Å². The lowest BCUT2D eigenvalue weighted by Crippen LogP contribution is -2.39. The van der Waals surface area contributed by atoms with Crippen molar-refractivity contribution in [2.24, 2.45) is 5.73 Å². The van der Waals surface area contributed by atoms with E-state index in [0.717, 1.165) is 16.9 Å². The summed E-state index contributed by atoms with van der Waals surface area (Å²) >= 11 is 1.20. The van der Waals surface area contributed by atoms with Crippen LogP contribution in [-0.4, -0.2) is 32.0 Å². The van der Waals surface area contributed by atoms with Gasteiger partial charge in [-0.25, -0.2) is 4.79 Å². The Morgan fingerprint density at radius 3 is 2.63 bits per heavy atom. The highest BCUT2D eigenvalue weighted by Crippen LogP contribution is 2.29. The van der Waals surface area contributed by atoms with Crippen LogP contribution in [0.25, 0.3) is 11.4 Å². The molecule has 9 heteroatoms. The largest absolute Gasteiger partial charge is 0.469 e. The molecule has 140 valence electrons. The van der Waals surface area contributed by atoms with E-state index in [0.29, 0.717) is 17.5 Å². The number of carbonyl (C=O) groups excluding carboxylic acids is 2. The van der Waals surface area contributed by atoms with Crippen molar-refractivity contribution < 1.29 is 14.0 Å². The van der Waals surface area contributed by atoms with Crippen molar-refractivity contribution in [1.82, 2.24) is 20.1 Å². The summed E-state index contributed by atoms with van der Waals surface area (Å²) in [6.45, 7) is 4.06. The lowest BCUT2D eigenvalue weighted by molar-refractivity contribution is -0.119. The average Bonchev–Trinajstić information content (AvgIpc) is 3.21. The van der Waals surface area contributed by atoms with Crippen LogP contribution < -0.4 is 11.1 Å². The lowest BCUT2D eigenvalue weighted by atomic mass is 10.2. The summed E-state index contributed by atoms with van der Waals surface area (Å²) in [6.07, 6.45) is 1.60. The van der Waals surface area contributed by atoms with Crippen LogP contribution in [0.15, 0.2) is 52.2 Å². The molecule has 1 aromatic carbocycles. The molecule has 0 bridgehead atoms. The van der Waals surface area contributed by atoms with E-state index in [1.807, 2.05) is 47.9 Å². The summed E-state index contributed by atoms with van der Waals surface area (Å²) in [5, 5.41) is 10.6. The topological polar surface area (TPSA) is 116 Å². The number of amides is 3. The van der Waals surface area contributed by atoms with Crippen LogP contribution >= 0.6 is 11.8 Å². The number of nitrogens with zero attached hydrogens (tertiary/aromatic N) is 3. The van der Waals surface area contributed by atoms with Crippen LogP contribution in [0.4, 0.5) is 4.79 Å². The molecule has 2 aromatic heterocycles. The SMILES string of the molecule is Cc1occc1-c1nnc(SC(C)C(=O)NC(N)=O)n1Cc1ccccc1. The maximum absolute atomic E-state index is 12.0. The van der Waals surface area contributed by atoms with Crippen molar-refractivity contribution in [1.29, 1.82) is 0 Å². The first kappa shape index (κ1) is 18.7. The zero-order valence-electron chi connectivity index (χ0n) is 14.9. The molecule has 0 aliphatic heterocycles. The minimum Gasteiger partial charge on any atom is -0.469 e. The van der Waals surface area contributed by atoms with E-state index in [1.54, 1.807) is 13.2 Å². The second-order valence-corrected chi connectivity index (χ2v) is 7.19. The fraction of sp³-hybridized carbons (Fsp3) is 0.222. The molecule has 1 atom stereocenters. The third-order valence-corrected chi connectivity index (χ3v) is 4.98. The third-order valence-electron chi connectivity index (χ3n) is 3.90. The standard InChI is InChI=1S/C18H19N5O3S/c1-11-14(8-9-26-11)15-21-22-18(27-12(2)16(24)20-17(19)25)23(15)10-13-6-4-3-5-7-13/h3-9,12H,10H2,1-2H3,(H3,19,20,24,25). The molecule has 3 N–H and O–H groups in total.